The lowest BCUT2D eigenvalue weighted by Crippen LogP contribution is -2.32. The van der Waals surface area contributed by atoms with Gasteiger partial charge in [-0.15, -0.1) is 10.2 Å². The first kappa shape index (κ1) is 20.9. The van der Waals surface area contributed by atoms with Crippen LogP contribution in [0, 0.1) is 0 Å². The molecule has 3 rings (SSSR count). The lowest BCUT2D eigenvalue weighted by molar-refractivity contribution is -0.113. The van der Waals surface area contributed by atoms with E-state index in [1.807, 2.05) is 30.3 Å². The monoisotopic (exact) mass is 447 g/mol. The van der Waals surface area contributed by atoms with E-state index in [4.69, 9.17) is 29.0 Å². The van der Waals surface area contributed by atoms with Crippen LogP contribution in [0.3, 0.4) is 0 Å². The number of benzene rings is 2. The van der Waals surface area contributed by atoms with Crippen LogP contribution < -0.4 is 16.7 Å². The summed E-state index contributed by atoms with van der Waals surface area (Å²) < 4.78 is 0.867. The molecule has 0 atom stereocenters. The first-order valence-electron chi connectivity index (χ1n) is 8.29. The molecule has 1 amide bonds. The number of nitrogen functional groups attached to an aromatic ring is 1. The van der Waals surface area contributed by atoms with Crippen LogP contribution in [-0.4, -0.2) is 26.5 Å². The first-order valence-corrected chi connectivity index (χ1v) is 10.0. The van der Waals surface area contributed by atoms with Crippen LogP contribution in [0.25, 0.3) is 12.2 Å². The van der Waals surface area contributed by atoms with Crippen LogP contribution in [0.5, 0.6) is 0 Å². The quantitative estimate of drug-likeness (QED) is 0.442. The fourth-order valence-electron chi connectivity index (χ4n) is 2.29. The number of nitrogens with one attached hydrogen (secondary N) is 1. The number of hydrogen-bond donors (Lipinski definition) is 2. The smallest absolute Gasteiger partial charge is 0.298 e. The van der Waals surface area contributed by atoms with E-state index < -0.39 is 5.56 Å². The molecular formula is C19H15Cl2N5O2S. The van der Waals surface area contributed by atoms with Crippen molar-refractivity contribution in [2.75, 3.05) is 16.9 Å². The summed E-state index contributed by atoms with van der Waals surface area (Å²) in [6.07, 6.45) is 3.28. The summed E-state index contributed by atoms with van der Waals surface area (Å²) in [6, 6.07) is 14.1. The SMILES string of the molecule is Nn1c(SCC(=O)Nc2cc(Cl)cc(Cl)c2)nnc(/C=C/c2ccccc2)c1=O. The molecule has 0 unspecified atom stereocenters. The Morgan fingerprint density at radius 2 is 1.79 bits per heavy atom. The molecule has 0 radical (unpaired) electrons. The molecule has 0 bridgehead atoms. The van der Waals surface area contributed by atoms with Gasteiger partial charge >= 0.3 is 0 Å². The maximum atomic E-state index is 12.4. The van der Waals surface area contributed by atoms with E-state index in [0.717, 1.165) is 22.0 Å². The molecule has 2 aromatic carbocycles. The van der Waals surface area contributed by atoms with Crippen molar-refractivity contribution in [2.45, 2.75) is 5.16 Å². The zero-order chi connectivity index (χ0) is 20.8. The first-order chi connectivity index (χ1) is 13.9. The highest BCUT2D eigenvalue weighted by atomic mass is 35.5. The molecule has 0 spiro atoms. The van der Waals surface area contributed by atoms with Crippen molar-refractivity contribution in [3.8, 4) is 0 Å². The van der Waals surface area contributed by atoms with Crippen LogP contribution in [0.1, 0.15) is 11.3 Å². The number of halogens is 2. The highest BCUT2D eigenvalue weighted by molar-refractivity contribution is 7.99. The number of carbonyl (C=O) groups is 1. The topological polar surface area (TPSA) is 103 Å². The highest BCUT2D eigenvalue weighted by Crippen LogP contribution is 2.23. The number of aromatic nitrogens is 3. The summed E-state index contributed by atoms with van der Waals surface area (Å²) in [5.41, 5.74) is 0.953. The number of rotatable bonds is 6. The van der Waals surface area contributed by atoms with Crippen molar-refractivity contribution in [1.29, 1.82) is 0 Å². The van der Waals surface area contributed by atoms with Gasteiger partial charge in [-0.3, -0.25) is 9.59 Å². The number of amides is 1. The van der Waals surface area contributed by atoms with E-state index in [0.29, 0.717) is 15.7 Å². The molecule has 0 aliphatic rings. The Kier molecular flexibility index (Phi) is 6.92. The summed E-state index contributed by atoms with van der Waals surface area (Å²) in [5, 5.41) is 11.4. The Labute approximate surface area is 180 Å². The number of thioether (sulfide) groups is 1. The third-order valence-corrected chi connectivity index (χ3v) is 4.98. The second-order valence-electron chi connectivity index (χ2n) is 5.78. The Bertz CT molecular complexity index is 1100. The number of nitrogens with zero attached hydrogens (tertiary/aromatic N) is 3. The van der Waals surface area contributed by atoms with Gasteiger partial charge in [-0.25, -0.2) is 0 Å². The van der Waals surface area contributed by atoms with Crippen molar-refractivity contribution in [3.63, 3.8) is 0 Å². The predicted molar refractivity (Wildman–Crippen MR) is 118 cm³/mol. The molecule has 3 aromatic rings. The van der Waals surface area contributed by atoms with Crippen LogP contribution in [0.15, 0.2) is 58.5 Å². The fourth-order valence-corrected chi connectivity index (χ4v) is 3.47. The molecule has 1 heterocycles. The molecule has 3 N–H and O–H groups in total. The standard InChI is InChI=1S/C19H15Cl2N5O2S/c20-13-8-14(21)10-15(9-13)23-17(27)11-29-19-25-24-16(18(28)26(19)22)7-6-12-4-2-1-3-5-12/h1-10H,11,22H2,(H,23,27)/b7-6+. The molecule has 0 saturated carbocycles. The van der Waals surface area contributed by atoms with Crippen LogP contribution in [-0.2, 0) is 4.79 Å². The lowest BCUT2D eigenvalue weighted by Gasteiger charge is -2.08. The van der Waals surface area contributed by atoms with Gasteiger partial charge in [-0.2, -0.15) is 4.68 Å². The molecular weight excluding hydrogens is 433 g/mol. The second-order valence-corrected chi connectivity index (χ2v) is 7.60. The van der Waals surface area contributed by atoms with Gasteiger partial charge in [0.2, 0.25) is 11.1 Å². The second kappa shape index (κ2) is 9.60. The zero-order valence-electron chi connectivity index (χ0n) is 14.9. The van der Waals surface area contributed by atoms with Gasteiger partial charge in [-0.1, -0.05) is 71.4 Å². The Hall–Kier alpha value is -2.81. The van der Waals surface area contributed by atoms with Gasteiger partial charge in [0.05, 0.1) is 5.75 Å². The summed E-state index contributed by atoms with van der Waals surface area (Å²) >= 11 is 12.8. The van der Waals surface area contributed by atoms with Gasteiger partial charge in [-0.05, 0) is 29.8 Å². The average molecular weight is 448 g/mol. The van der Waals surface area contributed by atoms with E-state index in [2.05, 4.69) is 15.5 Å². The van der Waals surface area contributed by atoms with Crippen molar-refractivity contribution in [1.82, 2.24) is 14.9 Å². The van der Waals surface area contributed by atoms with Crippen LogP contribution >= 0.6 is 35.0 Å². The Morgan fingerprint density at radius 1 is 1.10 bits per heavy atom. The summed E-state index contributed by atoms with van der Waals surface area (Å²) in [7, 11) is 0. The van der Waals surface area contributed by atoms with Crippen LogP contribution in [0.2, 0.25) is 10.0 Å². The Morgan fingerprint density at radius 3 is 2.48 bits per heavy atom. The Balaban J connectivity index is 1.65. The van der Waals surface area contributed by atoms with Crippen molar-refractivity contribution in [3.05, 3.63) is 80.2 Å². The number of carbonyl (C=O) groups excluding carboxylic acids is 1. The van der Waals surface area contributed by atoms with Gasteiger partial charge in [0.1, 0.15) is 0 Å². The number of nitrogens with two attached hydrogens (primary N) is 1. The number of hydrogen-bond acceptors (Lipinski definition) is 6. The normalized spacial score (nSPS) is 11.0. The molecule has 7 nitrogen and oxygen atoms in total. The minimum Gasteiger partial charge on any atom is -0.334 e. The third kappa shape index (κ3) is 5.83. The third-order valence-electron chi connectivity index (χ3n) is 3.60. The molecule has 29 heavy (non-hydrogen) atoms. The maximum Gasteiger partial charge on any atom is 0.298 e. The van der Waals surface area contributed by atoms with E-state index in [1.54, 1.807) is 24.3 Å². The van der Waals surface area contributed by atoms with Gasteiger partial charge < -0.3 is 11.2 Å². The van der Waals surface area contributed by atoms with Crippen LogP contribution in [0.4, 0.5) is 5.69 Å². The van der Waals surface area contributed by atoms with Gasteiger partial charge in [0.15, 0.2) is 5.69 Å². The minimum absolute atomic E-state index is 0.0331. The maximum absolute atomic E-state index is 12.4. The average Bonchev–Trinajstić information content (AvgIpc) is 2.68. The summed E-state index contributed by atoms with van der Waals surface area (Å²) in [6.45, 7) is 0. The predicted octanol–water partition coefficient (Wildman–Crippen LogP) is 3.56. The number of anilines is 1. The molecule has 148 valence electrons. The summed E-state index contributed by atoms with van der Waals surface area (Å²) in [4.78, 5) is 24.5. The molecule has 0 aliphatic carbocycles. The highest BCUT2D eigenvalue weighted by Gasteiger charge is 2.12. The molecule has 0 fully saturated rings. The van der Waals surface area contributed by atoms with Gasteiger partial charge in [0.25, 0.3) is 5.56 Å². The molecule has 10 heteroatoms. The summed E-state index contributed by atoms with van der Waals surface area (Å²) in [5.74, 6) is 5.44. The van der Waals surface area contributed by atoms with E-state index in [-0.39, 0.29) is 22.5 Å². The largest absolute Gasteiger partial charge is 0.334 e. The van der Waals surface area contributed by atoms with Gasteiger partial charge in [0, 0.05) is 15.7 Å². The molecule has 0 saturated heterocycles. The van der Waals surface area contributed by atoms with Crippen molar-refractivity contribution >= 4 is 58.7 Å². The zero-order valence-corrected chi connectivity index (χ0v) is 17.2. The minimum atomic E-state index is -0.517. The van der Waals surface area contributed by atoms with Crippen molar-refractivity contribution in [2.24, 2.45) is 0 Å². The fraction of sp³-hybridized carbons (Fsp3) is 0.0526. The molecule has 0 aliphatic heterocycles. The van der Waals surface area contributed by atoms with E-state index in [9.17, 15) is 9.59 Å². The van der Waals surface area contributed by atoms with E-state index in [1.165, 1.54) is 6.08 Å². The lowest BCUT2D eigenvalue weighted by atomic mass is 10.2. The van der Waals surface area contributed by atoms with Crippen molar-refractivity contribution < 1.29 is 4.79 Å². The molecule has 1 aromatic heterocycles. The van der Waals surface area contributed by atoms with E-state index >= 15 is 0 Å².